The Kier molecular flexibility index (Phi) is 6.59. The van der Waals surface area contributed by atoms with Crippen LogP contribution >= 0.6 is 0 Å². The highest BCUT2D eigenvalue weighted by Gasteiger charge is 2.53. The van der Waals surface area contributed by atoms with Gasteiger partial charge in [0, 0.05) is 29.2 Å². The number of aromatic carboxylic acids is 1. The summed E-state index contributed by atoms with van der Waals surface area (Å²) in [5.74, 6) is -3.78. The number of nitrogens with zero attached hydrogens (tertiary/aromatic N) is 1. The van der Waals surface area contributed by atoms with E-state index in [1.165, 1.54) is 4.57 Å². The fraction of sp³-hybridized carbons (Fsp3) is 0.308. The molecule has 1 saturated carbocycles. The monoisotopic (exact) mass is 476 g/mol. The van der Waals surface area contributed by atoms with Gasteiger partial charge in [-0.25, -0.2) is 4.79 Å². The molecule has 1 fully saturated rings. The zero-order valence-electron chi connectivity index (χ0n) is 19.4. The first kappa shape index (κ1) is 24.0. The summed E-state index contributed by atoms with van der Waals surface area (Å²) < 4.78 is 1.52. The molecule has 9 heteroatoms. The van der Waals surface area contributed by atoms with Crippen LogP contribution in [0.4, 0.5) is 5.69 Å². The van der Waals surface area contributed by atoms with E-state index in [-0.39, 0.29) is 24.2 Å². The van der Waals surface area contributed by atoms with E-state index in [2.05, 4.69) is 10.6 Å². The van der Waals surface area contributed by atoms with E-state index in [0.717, 1.165) is 0 Å². The SMILES string of the molecule is Cn1c(C(=O)O)c([C@]2(C(N)=O)CCCC[C@H]2C(=O)NCC(=O)Nc2ccccc2)c2ccccc21. The highest BCUT2D eigenvalue weighted by Crippen LogP contribution is 2.48. The van der Waals surface area contributed by atoms with Gasteiger partial charge < -0.3 is 26.0 Å². The summed E-state index contributed by atoms with van der Waals surface area (Å²) in [5, 5.41) is 16.0. The molecule has 1 aliphatic carbocycles. The van der Waals surface area contributed by atoms with Crippen LogP contribution in [0.15, 0.2) is 54.6 Å². The number of benzene rings is 2. The van der Waals surface area contributed by atoms with Gasteiger partial charge in [0.05, 0.1) is 17.9 Å². The van der Waals surface area contributed by atoms with Crippen LogP contribution in [0.1, 0.15) is 41.7 Å². The van der Waals surface area contributed by atoms with E-state index in [4.69, 9.17) is 5.73 Å². The van der Waals surface area contributed by atoms with Crippen molar-refractivity contribution >= 4 is 40.3 Å². The van der Waals surface area contributed by atoms with E-state index >= 15 is 0 Å². The second-order valence-electron chi connectivity index (χ2n) is 8.87. The Hall–Kier alpha value is -4.14. The Labute approximate surface area is 202 Å². The van der Waals surface area contributed by atoms with Crippen LogP contribution < -0.4 is 16.4 Å². The molecule has 0 unspecified atom stereocenters. The lowest BCUT2D eigenvalue weighted by Gasteiger charge is -2.41. The van der Waals surface area contributed by atoms with Crippen molar-refractivity contribution in [1.82, 2.24) is 9.88 Å². The summed E-state index contributed by atoms with van der Waals surface area (Å²) in [6, 6.07) is 15.9. The Morgan fingerprint density at radius 2 is 1.74 bits per heavy atom. The van der Waals surface area contributed by atoms with Crippen LogP contribution in [-0.2, 0) is 26.8 Å². The third kappa shape index (κ3) is 4.25. The van der Waals surface area contributed by atoms with Gasteiger partial charge in [-0.05, 0) is 31.0 Å². The lowest BCUT2D eigenvalue weighted by Crippen LogP contribution is -2.55. The van der Waals surface area contributed by atoms with E-state index in [1.54, 1.807) is 55.6 Å². The molecule has 2 aromatic carbocycles. The first-order chi connectivity index (χ1) is 16.8. The molecule has 182 valence electrons. The molecule has 0 spiro atoms. The summed E-state index contributed by atoms with van der Waals surface area (Å²) in [4.78, 5) is 51.3. The smallest absolute Gasteiger partial charge is 0.352 e. The molecule has 9 nitrogen and oxygen atoms in total. The van der Waals surface area contributed by atoms with Crippen LogP contribution in [0, 0.1) is 5.92 Å². The summed E-state index contributed by atoms with van der Waals surface area (Å²) in [5.41, 5.74) is 5.90. The zero-order chi connectivity index (χ0) is 25.2. The number of nitrogens with one attached hydrogen (secondary N) is 2. The zero-order valence-corrected chi connectivity index (χ0v) is 19.4. The minimum Gasteiger partial charge on any atom is -0.477 e. The molecule has 3 aromatic rings. The number of carboxylic acids is 1. The number of fused-ring (bicyclic) bond motifs is 1. The molecule has 4 rings (SSSR count). The van der Waals surface area contributed by atoms with Gasteiger partial charge >= 0.3 is 5.97 Å². The second-order valence-corrected chi connectivity index (χ2v) is 8.87. The topological polar surface area (TPSA) is 144 Å². The molecule has 1 aromatic heterocycles. The Balaban J connectivity index is 1.71. The van der Waals surface area contributed by atoms with Crippen LogP contribution in [0.25, 0.3) is 10.9 Å². The third-order valence-electron chi connectivity index (χ3n) is 6.90. The van der Waals surface area contributed by atoms with Crippen molar-refractivity contribution < 1.29 is 24.3 Å². The molecule has 1 heterocycles. The highest BCUT2D eigenvalue weighted by atomic mass is 16.4. The molecule has 5 N–H and O–H groups in total. The van der Waals surface area contributed by atoms with Gasteiger partial charge in [0.2, 0.25) is 17.7 Å². The number of carboxylic acid groups (broad SMARTS) is 1. The largest absolute Gasteiger partial charge is 0.477 e. The van der Waals surface area contributed by atoms with Crippen LogP contribution in [0.2, 0.25) is 0 Å². The number of aryl methyl sites for hydroxylation is 1. The fourth-order valence-corrected chi connectivity index (χ4v) is 5.36. The van der Waals surface area contributed by atoms with Crippen molar-refractivity contribution in [2.75, 3.05) is 11.9 Å². The molecule has 0 saturated heterocycles. The molecule has 35 heavy (non-hydrogen) atoms. The van der Waals surface area contributed by atoms with Crippen LogP contribution in [0.5, 0.6) is 0 Å². The lowest BCUT2D eigenvalue weighted by molar-refractivity contribution is -0.137. The fourth-order valence-electron chi connectivity index (χ4n) is 5.36. The molecule has 2 atom stereocenters. The maximum atomic E-state index is 13.4. The average molecular weight is 477 g/mol. The number of primary amides is 1. The third-order valence-corrected chi connectivity index (χ3v) is 6.90. The predicted molar refractivity (Wildman–Crippen MR) is 131 cm³/mol. The van der Waals surface area contributed by atoms with E-state index in [1.807, 2.05) is 6.07 Å². The number of hydrogen-bond donors (Lipinski definition) is 4. The lowest BCUT2D eigenvalue weighted by atomic mass is 9.61. The number of amides is 3. The van der Waals surface area contributed by atoms with Crippen molar-refractivity contribution in [3.8, 4) is 0 Å². The minimum atomic E-state index is -1.52. The molecule has 3 amide bonds. The number of carbonyl (C=O) groups is 4. The Bertz CT molecular complexity index is 1300. The van der Waals surface area contributed by atoms with E-state index < -0.39 is 35.0 Å². The predicted octanol–water partition coefficient (Wildman–Crippen LogP) is 2.54. The number of rotatable bonds is 7. The van der Waals surface area contributed by atoms with Crippen LogP contribution in [-0.4, -0.2) is 39.9 Å². The van der Waals surface area contributed by atoms with Gasteiger partial charge in [0.15, 0.2) is 0 Å². The first-order valence-electron chi connectivity index (χ1n) is 11.5. The number of nitrogens with two attached hydrogens (primary N) is 1. The summed E-state index contributed by atoms with van der Waals surface area (Å²) in [7, 11) is 1.62. The molecular formula is C26H28N4O5. The number of aromatic nitrogens is 1. The average Bonchev–Trinajstić information content (AvgIpc) is 3.16. The van der Waals surface area contributed by atoms with Gasteiger partial charge in [-0.2, -0.15) is 0 Å². The number of carbonyl (C=O) groups excluding carboxylic acids is 3. The van der Waals surface area contributed by atoms with Crippen molar-refractivity contribution in [1.29, 1.82) is 0 Å². The van der Waals surface area contributed by atoms with Crippen molar-refractivity contribution in [2.45, 2.75) is 31.1 Å². The van der Waals surface area contributed by atoms with E-state index in [0.29, 0.717) is 35.9 Å². The van der Waals surface area contributed by atoms with Gasteiger partial charge in [-0.15, -0.1) is 0 Å². The van der Waals surface area contributed by atoms with Crippen molar-refractivity contribution in [3.63, 3.8) is 0 Å². The van der Waals surface area contributed by atoms with E-state index in [9.17, 15) is 24.3 Å². The number of para-hydroxylation sites is 2. The quantitative estimate of drug-likeness (QED) is 0.414. The Morgan fingerprint density at radius 1 is 1.06 bits per heavy atom. The minimum absolute atomic E-state index is 0.0634. The first-order valence-corrected chi connectivity index (χ1v) is 11.5. The summed E-state index contributed by atoms with van der Waals surface area (Å²) in [6.45, 7) is -0.291. The summed E-state index contributed by atoms with van der Waals surface area (Å²) >= 11 is 0. The molecule has 0 radical (unpaired) electrons. The molecule has 1 aliphatic rings. The molecule has 0 aliphatic heterocycles. The van der Waals surface area contributed by atoms with Crippen molar-refractivity contribution in [2.24, 2.45) is 18.7 Å². The Morgan fingerprint density at radius 3 is 2.43 bits per heavy atom. The normalized spacial score (nSPS) is 19.7. The second kappa shape index (κ2) is 9.61. The molecular weight excluding hydrogens is 448 g/mol. The summed E-state index contributed by atoms with van der Waals surface area (Å²) in [6.07, 6.45) is 1.88. The number of hydrogen-bond acceptors (Lipinski definition) is 4. The van der Waals surface area contributed by atoms with Gasteiger partial charge in [0.25, 0.3) is 0 Å². The molecule has 0 bridgehead atoms. The highest BCUT2D eigenvalue weighted by molar-refractivity contribution is 6.06. The van der Waals surface area contributed by atoms with Crippen molar-refractivity contribution in [3.05, 3.63) is 65.9 Å². The standard InChI is InChI=1S/C26H28N4O5/c1-30-19-13-6-5-11-17(19)21(22(30)24(33)34)26(25(27)35)14-8-7-12-18(26)23(32)28-15-20(31)29-16-9-3-2-4-10-16/h2-6,9-11,13,18H,7-8,12,14-15H2,1H3,(H2,27,35)(H,28,32)(H,29,31)(H,33,34)/t18-,26-/m0/s1. The number of anilines is 1. The maximum absolute atomic E-state index is 13.4. The maximum Gasteiger partial charge on any atom is 0.352 e. The van der Waals surface area contributed by atoms with Gasteiger partial charge in [-0.3, -0.25) is 14.4 Å². The van der Waals surface area contributed by atoms with Gasteiger partial charge in [-0.1, -0.05) is 49.2 Å². The van der Waals surface area contributed by atoms with Crippen LogP contribution in [0.3, 0.4) is 0 Å². The van der Waals surface area contributed by atoms with Gasteiger partial charge in [0.1, 0.15) is 5.69 Å².